The van der Waals surface area contributed by atoms with E-state index >= 15 is 0 Å². The smallest absolute Gasteiger partial charge is 0.00209 e. The van der Waals surface area contributed by atoms with Gasteiger partial charge in [0, 0.05) is 0 Å². The van der Waals surface area contributed by atoms with Crippen molar-refractivity contribution >= 4 is 32.3 Å². The van der Waals surface area contributed by atoms with Crippen molar-refractivity contribution in [2.75, 3.05) is 0 Å². The van der Waals surface area contributed by atoms with Crippen LogP contribution in [0.25, 0.3) is 32.3 Å². The lowest BCUT2D eigenvalue weighted by Gasteiger charge is -2.20. The highest BCUT2D eigenvalue weighted by Crippen LogP contribution is 2.42. The maximum Gasteiger partial charge on any atom is -0.00209 e. The fraction of sp³-hybridized carbons (Fsp3) is 0.273. The molecule has 4 aromatic rings. The Morgan fingerprint density at radius 1 is 0.455 bits per heavy atom. The standard InChI is InChI=1S/C22H22/c1-11-7-17-12(2)9-19-15(5)14(4)16(6)20-10-13(3)18(8-11)21(17)22(19)20/h7-10H,1-6H3. The SMILES string of the molecule is Cc1cc2c(C)cc3c(C)c(C)c(C)c4cc(C)c(c1)c2c34. The van der Waals surface area contributed by atoms with Crippen LogP contribution >= 0.6 is 0 Å². The summed E-state index contributed by atoms with van der Waals surface area (Å²) >= 11 is 0. The molecular formula is C22H22. The minimum Gasteiger partial charge on any atom is -0.0511 e. The molecule has 0 aromatic heterocycles. The van der Waals surface area contributed by atoms with Crippen molar-refractivity contribution in [2.45, 2.75) is 41.5 Å². The van der Waals surface area contributed by atoms with Crippen LogP contribution in [0.1, 0.15) is 33.4 Å². The Bertz CT molecular complexity index is 986. The molecule has 0 radical (unpaired) electrons. The summed E-state index contributed by atoms with van der Waals surface area (Å²) in [7, 11) is 0. The van der Waals surface area contributed by atoms with Crippen molar-refractivity contribution in [1.82, 2.24) is 0 Å². The molecule has 0 aliphatic heterocycles. The van der Waals surface area contributed by atoms with Gasteiger partial charge in [0.2, 0.25) is 0 Å². The van der Waals surface area contributed by atoms with Gasteiger partial charge in [-0.15, -0.1) is 0 Å². The Hall–Kier alpha value is -2.08. The van der Waals surface area contributed by atoms with Gasteiger partial charge in [-0.25, -0.2) is 0 Å². The predicted molar refractivity (Wildman–Crippen MR) is 98.6 cm³/mol. The molecule has 22 heavy (non-hydrogen) atoms. The van der Waals surface area contributed by atoms with Crippen LogP contribution in [0.4, 0.5) is 0 Å². The van der Waals surface area contributed by atoms with Crippen molar-refractivity contribution in [3.63, 3.8) is 0 Å². The van der Waals surface area contributed by atoms with Gasteiger partial charge in [-0.2, -0.15) is 0 Å². The fourth-order valence-electron chi connectivity index (χ4n) is 4.10. The van der Waals surface area contributed by atoms with Gasteiger partial charge in [-0.3, -0.25) is 0 Å². The molecule has 0 saturated heterocycles. The zero-order valence-electron chi connectivity index (χ0n) is 14.3. The van der Waals surface area contributed by atoms with Crippen molar-refractivity contribution in [1.29, 1.82) is 0 Å². The molecule has 0 atom stereocenters. The summed E-state index contributed by atoms with van der Waals surface area (Å²) in [4.78, 5) is 0. The van der Waals surface area contributed by atoms with Crippen LogP contribution in [0.5, 0.6) is 0 Å². The van der Waals surface area contributed by atoms with Crippen molar-refractivity contribution in [3.05, 3.63) is 57.6 Å². The van der Waals surface area contributed by atoms with E-state index in [2.05, 4.69) is 65.8 Å². The van der Waals surface area contributed by atoms with E-state index in [4.69, 9.17) is 0 Å². The number of rotatable bonds is 0. The summed E-state index contributed by atoms with van der Waals surface area (Å²) in [5, 5.41) is 8.61. The molecule has 4 rings (SSSR count). The lowest BCUT2D eigenvalue weighted by Crippen LogP contribution is -1.96. The molecule has 0 spiro atoms. The van der Waals surface area contributed by atoms with E-state index in [9.17, 15) is 0 Å². The molecule has 0 unspecified atom stereocenters. The van der Waals surface area contributed by atoms with E-state index in [1.54, 1.807) is 0 Å². The van der Waals surface area contributed by atoms with Crippen LogP contribution in [-0.4, -0.2) is 0 Å². The van der Waals surface area contributed by atoms with Crippen LogP contribution in [-0.2, 0) is 0 Å². The minimum absolute atomic E-state index is 1.35. The first-order valence-corrected chi connectivity index (χ1v) is 8.06. The molecule has 0 aliphatic carbocycles. The third-order valence-electron chi connectivity index (χ3n) is 5.58. The summed E-state index contributed by atoms with van der Waals surface area (Å²) in [5.41, 5.74) is 8.42. The van der Waals surface area contributed by atoms with Crippen LogP contribution in [0, 0.1) is 41.5 Å². The predicted octanol–water partition coefficient (Wildman–Crippen LogP) is 6.43. The zero-order chi connectivity index (χ0) is 15.8. The molecule has 4 aromatic carbocycles. The quantitative estimate of drug-likeness (QED) is 0.326. The highest BCUT2D eigenvalue weighted by atomic mass is 14.2. The second-order valence-corrected chi connectivity index (χ2v) is 6.97. The zero-order valence-corrected chi connectivity index (χ0v) is 14.3. The van der Waals surface area contributed by atoms with E-state index in [1.807, 2.05) is 0 Å². The van der Waals surface area contributed by atoms with E-state index in [0.29, 0.717) is 0 Å². The topological polar surface area (TPSA) is 0 Å². The Morgan fingerprint density at radius 3 is 1.32 bits per heavy atom. The number of aryl methyl sites for hydroxylation is 5. The van der Waals surface area contributed by atoms with Crippen molar-refractivity contribution in [3.8, 4) is 0 Å². The minimum atomic E-state index is 1.35. The van der Waals surface area contributed by atoms with Gasteiger partial charge >= 0.3 is 0 Å². The molecule has 0 aliphatic rings. The van der Waals surface area contributed by atoms with Gasteiger partial charge in [0.25, 0.3) is 0 Å². The van der Waals surface area contributed by atoms with Gasteiger partial charge in [0.1, 0.15) is 0 Å². The van der Waals surface area contributed by atoms with E-state index in [1.165, 1.54) is 65.7 Å². The molecule has 0 heterocycles. The molecule has 0 nitrogen and oxygen atoms in total. The molecule has 0 saturated carbocycles. The van der Waals surface area contributed by atoms with E-state index in [0.717, 1.165) is 0 Å². The van der Waals surface area contributed by atoms with Crippen LogP contribution < -0.4 is 0 Å². The lowest BCUT2D eigenvalue weighted by atomic mass is 9.84. The normalized spacial score (nSPS) is 12.1. The lowest BCUT2D eigenvalue weighted by molar-refractivity contribution is 1.31. The van der Waals surface area contributed by atoms with Gasteiger partial charge < -0.3 is 0 Å². The number of benzene rings is 4. The Labute approximate surface area is 132 Å². The van der Waals surface area contributed by atoms with E-state index in [-0.39, 0.29) is 0 Å². The van der Waals surface area contributed by atoms with Crippen molar-refractivity contribution < 1.29 is 0 Å². The molecule has 0 N–H and O–H groups in total. The fourth-order valence-corrected chi connectivity index (χ4v) is 4.10. The third-order valence-corrected chi connectivity index (χ3v) is 5.58. The Morgan fingerprint density at radius 2 is 0.864 bits per heavy atom. The Balaban J connectivity index is 2.49. The average Bonchev–Trinajstić information content (AvgIpc) is 2.48. The maximum absolute atomic E-state index is 2.39. The van der Waals surface area contributed by atoms with Crippen molar-refractivity contribution in [2.24, 2.45) is 0 Å². The average molecular weight is 286 g/mol. The second-order valence-electron chi connectivity index (χ2n) is 6.97. The molecule has 0 bridgehead atoms. The Kier molecular flexibility index (Phi) is 2.61. The first kappa shape index (κ1) is 13.6. The summed E-state index contributed by atoms with van der Waals surface area (Å²) in [6, 6.07) is 9.47. The van der Waals surface area contributed by atoms with Crippen LogP contribution in [0.15, 0.2) is 24.3 Å². The highest BCUT2D eigenvalue weighted by molar-refractivity contribution is 6.26. The monoisotopic (exact) mass is 286 g/mol. The van der Waals surface area contributed by atoms with Crippen LogP contribution in [0.2, 0.25) is 0 Å². The first-order valence-electron chi connectivity index (χ1n) is 8.06. The summed E-state index contributed by atoms with van der Waals surface area (Å²) in [5.74, 6) is 0. The number of hydrogen-bond acceptors (Lipinski definition) is 0. The van der Waals surface area contributed by atoms with Gasteiger partial charge in [-0.1, -0.05) is 24.3 Å². The summed E-state index contributed by atoms with van der Waals surface area (Å²) < 4.78 is 0. The first-order chi connectivity index (χ1) is 10.4. The van der Waals surface area contributed by atoms with Crippen LogP contribution in [0.3, 0.4) is 0 Å². The second kappa shape index (κ2) is 4.23. The molecule has 0 heteroatoms. The molecular weight excluding hydrogens is 264 g/mol. The van der Waals surface area contributed by atoms with Gasteiger partial charge in [-0.05, 0) is 107 Å². The molecule has 110 valence electrons. The molecule has 0 amide bonds. The summed E-state index contributed by atoms with van der Waals surface area (Å²) in [6.07, 6.45) is 0. The third kappa shape index (κ3) is 1.53. The highest BCUT2D eigenvalue weighted by Gasteiger charge is 2.17. The van der Waals surface area contributed by atoms with Gasteiger partial charge in [0.05, 0.1) is 0 Å². The maximum atomic E-state index is 2.39. The summed E-state index contributed by atoms with van der Waals surface area (Å²) in [6.45, 7) is 13.5. The largest absolute Gasteiger partial charge is 0.0511 e. The van der Waals surface area contributed by atoms with Gasteiger partial charge in [0.15, 0.2) is 0 Å². The molecule has 0 fully saturated rings. The van der Waals surface area contributed by atoms with E-state index < -0.39 is 0 Å². The number of hydrogen-bond donors (Lipinski definition) is 0.